The Hall–Kier alpha value is -1.23. The molecule has 0 unspecified atom stereocenters. The van der Waals surface area contributed by atoms with E-state index < -0.39 is 17.1 Å². The first-order valence-electron chi connectivity index (χ1n) is 6.48. The maximum atomic E-state index is 11.9. The van der Waals surface area contributed by atoms with Crippen LogP contribution in [0.5, 0.6) is 0 Å². The van der Waals surface area contributed by atoms with Crippen LogP contribution in [-0.2, 0) is 9.53 Å². The van der Waals surface area contributed by atoms with Crippen molar-refractivity contribution in [1.29, 1.82) is 0 Å². The lowest BCUT2D eigenvalue weighted by Gasteiger charge is -2.42. The first-order valence-corrected chi connectivity index (χ1v) is 6.48. The van der Waals surface area contributed by atoms with E-state index in [2.05, 4.69) is 6.58 Å². The molecule has 1 aliphatic heterocycles. The van der Waals surface area contributed by atoms with Crippen LogP contribution in [0, 0.1) is 11.3 Å². The van der Waals surface area contributed by atoms with E-state index in [-0.39, 0.29) is 24.4 Å². The summed E-state index contributed by atoms with van der Waals surface area (Å²) in [4.78, 5) is 11.9. The van der Waals surface area contributed by atoms with Crippen LogP contribution in [0.25, 0.3) is 0 Å². The summed E-state index contributed by atoms with van der Waals surface area (Å²) < 4.78 is 5.77. The molecule has 0 aromatic carbocycles. The van der Waals surface area contributed by atoms with Gasteiger partial charge in [-0.15, -0.1) is 0 Å². The van der Waals surface area contributed by atoms with Crippen molar-refractivity contribution in [2.45, 2.75) is 31.7 Å². The Morgan fingerprint density at radius 3 is 2.84 bits per heavy atom. The lowest BCUT2D eigenvalue weighted by molar-refractivity contribution is -0.121. The predicted octanol–water partition coefficient (Wildman–Crippen LogP) is 0.755. The van der Waals surface area contributed by atoms with Gasteiger partial charge in [-0.2, -0.15) is 0 Å². The molecular weight excluding hydrogens is 244 g/mol. The van der Waals surface area contributed by atoms with Crippen molar-refractivity contribution in [3.8, 4) is 0 Å². The van der Waals surface area contributed by atoms with E-state index in [9.17, 15) is 15.0 Å². The average molecular weight is 262 g/mol. The first kappa shape index (κ1) is 12.8. The van der Waals surface area contributed by atoms with E-state index in [0.29, 0.717) is 5.57 Å². The molecule has 3 aliphatic rings. The van der Waals surface area contributed by atoms with Crippen molar-refractivity contribution >= 4 is 5.78 Å². The number of allylic oxidation sites excluding steroid dienone is 2. The van der Waals surface area contributed by atoms with Crippen molar-refractivity contribution in [3.63, 3.8) is 0 Å². The molecule has 0 radical (unpaired) electrons. The number of ketones is 1. The number of hydrogen-bond donors (Lipinski definition) is 2. The van der Waals surface area contributed by atoms with Gasteiger partial charge in [-0.05, 0) is 23.3 Å². The Morgan fingerprint density at radius 1 is 1.53 bits per heavy atom. The minimum absolute atomic E-state index is 0.0649. The molecule has 0 aromatic rings. The molecular formula is C15H18O4. The molecule has 1 saturated heterocycles. The molecule has 1 fully saturated rings. The van der Waals surface area contributed by atoms with Gasteiger partial charge in [0.25, 0.3) is 0 Å². The van der Waals surface area contributed by atoms with E-state index in [1.807, 2.05) is 13.8 Å². The van der Waals surface area contributed by atoms with Gasteiger partial charge in [0.15, 0.2) is 5.78 Å². The second-order valence-electron chi connectivity index (χ2n) is 5.86. The number of ether oxygens (including phenoxy) is 1. The third-order valence-corrected chi connectivity index (χ3v) is 5.09. The Labute approximate surface area is 112 Å². The molecule has 0 aromatic heterocycles. The van der Waals surface area contributed by atoms with E-state index in [0.717, 1.165) is 5.57 Å². The van der Waals surface area contributed by atoms with Gasteiger partial charge >= 0.3 is 0 Å². The fraction of sp³-hybridized carbons (Fsp3) is 0.533. The molecule has 0 amide bonds. The molecule has 0 spiro atoms. The van der Waals surface area contributed by atoms with E-state index in [4.69, 9.17) is 4.74 Å². The summed E-state index contributed by atoms with van der Waals surface area (Å²) in [6.07, 6.45) is 3.91. The summed E-state index contributed by atoms with van der Waals surface area (Å²) in [7, 11) is 0. The highest BCUT2D eigenvalue weighted by atomic mass is 16.6. The Bertz CT molecular complexity index is 532. The maximum absolute atomic E-state index is 11.9. The second kappa shape index (κ2) is 3.66. The highest BCUT2D eigenvalue weighted by Gasteiger charge is 2.73. The zero-order valence-electron chi connectivity index (χ0n) is 11.1. The molecule has 2 aliphatic carbocycles. The summed E-state index contributed by atoms with van der Waals surface area (Å²) in [5.74, 6) is -0.148. The topological polar surface area (TPSA) is 70.1 Å². The van der Waals surface area contributed by atoms with Crippen LogP contribution in [-0.4, -0.2) is 40.4 Å². The molecule has 3 rings (SSSR count). The second-order valence-corrected chi connectivity index (χ2v) is 5.86. The molecule has 4 nitrogen and oxygen atoms in total. The standard InChI is InChI=1S/C15H18O4/c1-8(7-16)15-12(18)6-10-4-5-11(17)9(2)14(10,3)13(15)19-15/h4-6,9,12-13,16,18H,1,7H2,2-3H3/t9-,12+,13+,14+,15-/m1/s1. The minimum atomic E-state index is -0.924. The van der Waals surface area contributed by atoms with Gasteiger partial charge in [0.2, 0.25) is 0 Å². The summed E-state index contributed by atoms with van der Waals surface area (Å²) in [6, 6.07) is 0. The van der Waals surface area contributed by atoms with Gasteiger partial charge in [0.1, 0.15) is 17.8 Å². The van der Waals surface area contributed by atoms with Crippen LogP contribution in [0.2, 0.25) is 0 Å². The summed E-state index contributed by atoms with van der Waals surface area (Å²) in [6.45, 7) is 7.44. The number of fused-ring (bicyclic) bond motifs is 3. The Kier molecular flexibility index (Phi) is 2.46. The molecule has 0 saturated carbocycles. The van der Waals surface area contributed by atoms with Crippen molar-refractivity contribution in [2.75, 3.05) is 6.61 Å². The Morgan fingerprint density at radius 2 is 2.21 bits per heavy atom. The van der Waals surface area contributed by atoms with Crippen LogP contribution in [0.3, 0.4) is 0 Å². The minimum Gasteiger partial charge on any atom is -0.392 e. The van der Waals surface area contributed by atoms with Gasteiger partial charge in [-0.1, -0.05) is 26.5 Å². The number of rotatable bonds is 2. The van der Waals surface area contributed by atoms with Crippen molar-refractivity contribution < 1.29 is 19.7 Å². The maximum Gasteiger partial charge on any atom is 0.159 e. The predicted molar refractivity (Wildman–Crippen MR) is 69.3 cm³/mol. The molecule has 102 valence electrons. The molecule has 19 heavy (non-hydrogen) atoms. The third-order valence-electron chi connectivity index (χ3n) is 5.09. The zero-order valence-corrected chi connectivity index (χ0v) is 11.1. The van der Waals surface area contributed by atoms with Crippen LogP contribution in [0.15, 0.2) is 36.0 Å². The van der Waals surface area contributed by atoms with Crippen LogP contribution in [0.4, 0.5) is 0 Å². The van der Waals surface area contributed by atoms with Gasteiger partial charge in [0.05, 0.1) is 6.61 Å². The monoisotopic (exact) mass is 262 g/mol. The third kappa shape index (κ3) is 1.31. The number of epoxide rings is 1. The normalized spacial score (nSPS) is 47.3. The van der Waals surface area contributed by atoms with Gasteiger partial charge in [-0.25, -0.2) is 0 Å². The van der Waals surface area contributed by atoms with Crippen LogP contribution >= 0.6 is 0 Å². The summed E-state index contributed by atoms with van der Waals surface area (Å²) >= 11 is 0. The van der Waals surface area contributed by atoms with E-state index in [1.165, 1.54) is 0 Å². The van der Waals surface area contributed by atoms with Gasteiger partial charge < -0.3 is 14.9 Å². The summed E-state index contributed by atoms with van der Waals surface area (Å²) in [5.41, 5.74) is 0.00212. The highest BCUT2D eigenvalue weighted by molar-refractivity contribution is 5.95. The molecule has 0 bridgehead atoms. The lowest BCUT2D eigenvalue weighted by Crippen LogP contribution is -2.49. The van der Waals surface area contributed by atoms with Gasteiger partial charge in [0, 0.05) is 11.3 Å². The molecule has 4 heteroatoms. The van der Waals surface area contributed by atoms with Gasteiger partial charge in [-0.3, -0.25) is 4.79 Å². The number of carbonyl (C=O) groups is 1. The molecule has 2 N–H and O–H groups in total. The summed E-state index contributed by atoms with van der Waals surface area (Å²) in [5, 5.41) is 19.6. The quantitative estimate of drug-likeness (QED) is 0.569. The smallest absolute Gasteiger partial charge is 0.159 e. The number of hydrogen-bond acceptors (Lipinski definition) is 4. The fourth-order valence-corrected chi connectivity index (χ4v) is 3.50. The van der Waals surface area contributed by atoms with Crippen molar-refractivity contribution in [1.82, 2.24) is 0 Å². The number of aliphatic hydroxyl groups excluding tert-OH is 2. The number of carbonyl (C=O) groups excluding carboxylic acids is 1. The lowest BCUT2D eigenvalue weighted by atomic mass is 9.59. The van der Waals surface area contributed by atoms with Crippen molar-refractivity contribution in [3.05, 3.63) is 36.0 Å². The van der Waals surface area contributed by atoms with Crippen LogP contribution in [0.1, 0.15) is 13.8 Å². The van der Waals surface area contributed by atoms with Crippen LogP contribution < -0.4 is 0 Å². The van der Waals surface area contributed by atoms with E-state index in [1.54, 1.807) is 18.2 Å². The molecule has 5 atom stereocenters. The average Bonchev–Trinajstić information content (AvgIpc) is 3.15. The number of aliphatic hydroxyl groups is 2. The van der Waals surface area contributed by atoms with Crippen molar-refractivity contribution in [2.24, 2.45) is 11.3 Å². The largest absolute Gasteiger partial charge is 0.392 e. The first-order chi connectivity index (χ1) is 8.88. The SMILES string of the molecule is C=C(CO)[C@]12O[C@H]1[C@]1(C)C(=C[C@@H]2O)C=CC(=O)[C@H]1C. The zero-order chi connectivity index (χ0) is 14.0. The fourth-order valence-electron chi connectivity index (χ4n) is 3.50. The van der Waals surface area contributed by atoms with E-state index >= 15 is 0 Å². The Balaban J connectivity index is 2.12. The molecule has 1 heterocycles. The highest BCUT2D eigenvalue weighted by Crippen LogP contribution is 2.63.